The first-order valence-corrected chi connectivity index (χ1v) is 7.74. The number of nitrogens with one attached hydrogen (secondary N) is 1. The first kappa shape index (κ1) is 14.6. The van der Waals surface area contributed by atoms with Crippen LogP contribution in [0.15, 0.2) is 48.7 Å². The predicted molar refractivity (Wildman–Crippen MR) is 92.8 cm³/mol. The van der Waals surface area contributed by atoms with Crippen molar-refractivity contribution in [3.05, 3.63) is 65.6 Å². The number of fused-ring (bicyclic) bond motifs is 2. The van der Waals surface area contributed by atoms with Crippen LogP contribution in [0.25, 0.3) is 16.6 Å². The van der Waals surface area contributed by atoms with E-state index in [1.54, 1.807) is 10.7 Å². The van der Waals surface area contributed by atoms with Crippen molar-refractivity contribution in [1.29, 1.82) is 0 Å². The number of aliphatic hydroxyl groups is 1. The quantitative estimate of drug-likeness (QED) is 0.568. The van der Waals surface area contributed by atoms with Gasteiger partial charge in [0.25, 0.3) is 0 Å². The van der Waals surface area contributed by atoms with Gasteiger partial charge in [0.1, 0.15) is 5.82 Å². The summed E-state index contributed by atoms with van der Waals surface area (Å²) >= 11 is 0. The summed E-state index contributed by atoms with van der Waals surface area (Å²) in [6, 6.07) is 13.6. The molecule has 6 nitrogen and oxygen atoms in total. The lowest BCUT2D eigenvalue weighted by Crippen LogP contribution is -2.11. The molecule has 4 aromatic rings. The Balaban J connectivity index is 1.69. The Morgan fingerprint density at radius 1 is 1.08 bits per heavy atom. The minimum absolute atomic E-state index is 0.602. The van der Waals surface area contributed by atoms with E-state index >= 15 is 0 Å². The lowest BCUT2D eigenvalue weighted by molar-refractivity contribution is 0.209. The molecule has 0 aliphatic carbocycles. The van der Waals surface area contributed by atoms with Gasteiger partial charge in [0.2, 0.25) is 0 Å². The Morgan fingerprint density at radius 2 is 1.92 bits per heavy atom. The maximum absolute atomic E-state index is 10.6. The van der Waals surface area contributed by atoms with Crippen molar-refractivity contribution in [2.45, 2.75) is 20.1 Å². The van der Waals surface area contributed by atoms with Crippen molar-refractivity contribution in [3.63, 3.8) is 0 Å². The average molecular weight is 319 g/mol. The molecule has 1 unspecified atom stereocenters. The van der Waals surface area contributed by atoms with Crippen molar-refractivity contribution < 1.29 is 5.11 Å². The number of aromatic nitrogens is 4. The zero-order valence-corrected chi connectivity index (χ0v) is 13.4. The van der Waals surface area contributed by atoms with Crippen LogP contribution >= 0.6 is 0 Å². The molecular weight excluding hydrogens is 302 g/mol. The van der Waals surface area contributed by atoms with Gasteiger partial charge in [-0.15, -0.1) is 0 Å². The summed E-state index contributed by atoms with van der Waals surface area (Å²) < 4.78 is 1.72. The van der Waals surface area contributed by atoms with Gasteiger partial charge in [0, 0.05) is 16.8 Å². The number of para-hydroxylation sites is 1. The maximum atomic E-state index is 10.6. The van der Waals surface area contributed by atoms with Gasteiger partial charge < -0.3 is 10.4 Å². The maximum Gasteiger partial charge on any atom is 0.163 e. The fraction of sp³-hybridized carbons (Fsp3) is 0.167. The van der Waals surface area contributed by atoms with Crippen LogP contribution in [0.4, 0.5) is 5.82 Å². The molecule has 0 aliphatic heterocycles. The number of rotatable bonds is 3. The summed E-state index contributed by atoms with van der Waals surface area (Å²) in [5.41, 5.74) is 4.00. The number of hydrogen-bond donors (Lipinski definition) is 2. The fourth-order valence-corrected chi connectivity index (χ4v) is 2.84. The average Bonchev–Trinajstić information content (AvgIpc) is 2.99. The van der Waals surface area contributed by atoms with E-state index in [0.29, 0.717) is 17.0 Å². The molecule has 1 atom stereocenters. The highest BCUT2D eigenvalue weighted by molar-refractivity contribution is 5.80. The first-order valence-electron chi connectivity index (χ1n) is 7.74. The molecule has 1 aromatic carbocycles. The SMILES string of the molecule is Cc1cc(C)n2ncc(C(O)Nc3ccc4ccccc4n3)c2n1. The van der Waals surface area contributed by atoms with Crippen molar-refractivity contribution >= 4 is 22.4 Å². The van der Waals surface area contributed by atoms with Crippen LogP contribution in [-0.4, -0.2) is 24.7 Å². The number of aryl methyl sites for hydroxylation is 2. The van der Waals surface area contributed by atoms with Gasteiger partial charge in [-0.1, -0.05) is 18.2 Å². The number of anilines is 1. The number of aliphatic hydroxyl groups excluding tert-OH is 1. The Hall–Kier alpha value is -2.99. The van der Waals surface area contributed by atoms with E-state index in [2.05, 4.69) is 20.4 Å². The highest BCUT2D eigenvalue weighted by Gasteiger charge is 2.16. The molecule has 0 fully saturated rings. The van der Waals surface area contributed by atoms with Crippen LogP contribution in [-0.2, 0) is 0 Å². The summed E-state index contributed by atoms with van der Waals surface area (Å²) in [6.45, 7) is 3.89. The molecular formula is C18H17N5O. The Morgan fingerprint density at radius 3 is 2.79 bits per heavy atom. The van der Waals surface area contributed by atoms with Crippen LogP contribution < -0.4 is 5.32 Å². The molecule has 0 aliphatic rings. The molecule has 2 N–H and O–H groups in total. The molecule has 0 amide bonds. The number of pyridine rings is 1. The molecule has 6 heteroatoms. The topological polar surface area (TPSA) is 75.3 Å². The van der Waals surface area contributed by atoms with Crippen LogP contribution in [0, 0.1) is 13.8 Å². The molecule has 24 heavy (non-hydrogen) atoms. The highest BCUT2D eigenvalue weighted by atomic mass is 16.3. The van der Waals surface area contributed by atoms with Crippen molar-refractivity contribution in [2.24, 2.45) is 0 Å². The molecule has 3 heterocycles. The van der Waals surface area contributed by atoms with E-state index in [4.69, 9.17) is 0 Å². The van der Waals surface area contributed by atoms with Gasteiger partial charge in [-0.25, -0.2) is 14.5 Å². The van der Waals surface area contributed by atoms with Crippen molar-refractivity contribution in [3.8, 4) is 0 Å². The zero-order chi connectivity index (χ0) is 16.7. The summed E-state index contributed by atoms with van der Waals surface area (Å²) in [5.74, 6) is 0.602. The van der Waals surface area contributed by atoms with Gasteiger partial charge in [0.15, 0.2) is 11.9 Å². The monoisotopic (exact) mass is 319 g/mol. The number of benzene rings is 1. The molecule has 4 rings (SSSR count). The molecule has 0 spiro atoms. The third kappa shape index (κ3) is 2.47. The van der Waals surface area contributed by atoms with Gasteiger partial charge in [-0.05, 0) is 38.1 Å². The van der Waals surface area contributed by atoms with Gasteiger partial charge >= 0.3 is 0 Å². The standard InChI is InChI=1S/C18H17N5O/c1-11-9-12(2)23-17(20-11)14(10-19-23)18(24)22-16-8-7-13-5-3-4-6-15(13)21-16/h3-10,18,24H,1-2H3,(H,21,22). The lowest BCUT2D eigenvalue weighted by Gasteiger charge is -2.13. The third-order valence-corrected chi connectivity index (χ3v) is 3.98. The third-order valence-electron chi connectivity index (χ3n) is 3.98. The number of nitrogens with zero attached hydrogens (tertiary/aromatic N) is 4. The summed E-state index contributed by atoms with van der Waals surface area (Å²) in [5, 5.41) is 19.0. The Bertz CT molecular complexity index is 1040. The smallest absolute Gasteiger partial charge is 0.163 e. The van der Waals surface area contributed by atoms with Crippen LogP contribution in [0.3, 0.4) is 0 Å². The van der Waals surface area contributed by atoms with E-state index in [1.165, 1.54) is 0 Å². The molecule has 0 saturated carbocycles. The van der Waals surface area contributed by atoms with Crippen molar-refractivity contribution in [2.75, 3.05) is 5.32 Å². The van der Waals surface area contributed by atoms with Gasteiger partial charge in [-0.2, -0.15) is 5.10 Å². The highest BCUT2D eigenvalue weighted by Crippen LogP contribution is 2.22. The van der Waals surface area contributed by atoms with Gasteiger partial charge in [0.05, 0.1) is 17.3 Å². The predicted octanol–water partition coefficient (Wildman–Crippen LogP) is 3.00. The van der Waals surface area contributed by atoms with Crippen molar-refractivity contribution in [1.82, 2.24) is 19.6 Å². The summed E-state index contributed by atoms with van der Waals surface area (Å²) in [7, 11) is 0. The zero-order valence-electron chi connectivity index (χ0n) is 13.4. The Labute approximate surface area is 138 Å². The minimum Gasteiger partial charge on any atom is -0.369 e. The molecule has 0 bridgehead atoms. The van der Waals surface area contributed by atoms with E-state index < -0.39 is 6.23 Å². The second-order valence-electron chi connectivity index (χ2n) is 5.81. The molecule has 0 radical (unpaired) electrons. The summed E-state index contributed by atoms with van der Waals surface area (Å²) in [4.78, 5) is 9.01. The molecule has 3 aromatic heterocycles. The van der Waals surface area contributed by atoms with E-state index in [1.807, 2.05) is 56.3 Å². The second kappa shape index (κ2) is 5.58. The summed E-state index contributed by atoms with van der Waals surface area (Å²) in [6.07, 6.45) is 0.692. The molecule has 0 saturated heterocycles. The largest absolute Gasteiger partial charge is 0.369 e. The molecule has 120 valence electrons. The number of hydrogen-bond acceptors (Lipinski definition) is 5. The van der Waals surface area contributed by atoms with E-state index in [9.17, 15) is 5.11 Å². The minimum atomic E-state index is -0.940. The Kier molecular flexibility index (Phi) is 3.39. The van der Waals surface area contributed by atoms with Crippen LogP contribution in [0.2, 0.25) is 0 Å². The fourth-order valence-electron chi connectivity index (χ4n) is 2.84. The van der Waals surface area contributed by atoms with Crippen LogP contribution in [0.1, 0.15) is 23.2 Å². The normalized spacial score (nSPS) is 12.6. The van der Waals surface area contributed by atoms with E-state index in [-0.39, 0.29) is 0 Å². The van der Waals surface area contributed by atoms with Crippen LogP contribution in [0.5, 0.6) is 0 Å². The van der Waals surface area contributed by atoms with E-state index in [0.717, 1.165) is 22.3 Å². The van der Waals surface area contributed by atoms with Gasteiger partial charge in [-0.3, -0.25) is 0 Å². The lowest BCUT2D eigenvalue weighted by atomic mass is 10.2. The first-order chi connectivity index (χ1) is 11.6. The second-order valence-corrected chi connectivity index (χ2v) is 5.81.